The van der Waals surface area contributed by atoms with Gasteiger partial charge in [-0.25, -0.2) is 4.79 Å². The summed E-state index contributed by atoms with van der Waals surface area (Å²) < 4.78 is 4.81. The van der Waals surface area contributed by atoms with E-state index in [1.807, 2.05) is 37.3 Å². The maximum Gasteiger partial charge on any atom is 0.337 e. The van der Waals surface area contributed by atoms with Crippen LogP contribution in [0.1, 0.15) is 51.6 Å². The Balaban J connectivity index is 1.92. The number of Topliss-reactive ketones (excluding diaryl/α,β-unsaturated/α-hetero) is 1. The highest BCUT2D eigenvalue weighted by Crippen LogP contribution is 2.25. The summed E-state index contributed by atoms with van der Waals surface area (Å²) in [6, 6.07) is 12.9. The van der Waals surface area contributed by atoms with E-state index in [0.29, 0.717) is 24.2 Å². The molecule has 0 amide bonds. The molecule has 0 bridgehead atoms. The van der Waals surface area contributed by atoms with E-state index in [9.17, 15) is 9.59 Å². The van der Waals surface area contributed by atoms with Gasteiger partial charge in [0.25, 0.3) is 0 Å². The first-order valence-electron chi connectivity index (χ1n) is 9.09. The number of carbonyl (C=O) groups excluding carboxylic acids is 2. The highest BCUT2D eigenvalue weighted by Gasteiger charge is 2.15. The summed E-state index contributed by atoms with van der Waals surface area (Å²) in [6.07, 6.45) is 2.00. The van der Waals surface area contributed by atoms with Crippen molar-refractivity contribution in [2.45, 2.75) is 26.2 Å². The average Bonchev–Trinajstić information content (AvgIpc) is 3.14. The molecule has 0 spiro atoms. The highest BCUT2D eigenvalue weighted by molar-refractivity contribution is 5.96. The van der Waals surface area contributed by atoms with E-state index in [2.05, 4.69) is 15.4 Å². The molecule has 28 heavy (non-hydrogen) atoms. The Bertz CT molecular complexity index is 993. The van der Waals surface area contributed by atoms with Crippen LogP contribution in [-0.2, 0) is 18.2 Å². The number of benzene rings is 2. The average molecular weight is 378 g/mol. The smallest absolute Gasteiger partial charge is 0.337 e. The van der Waals surface area contributed by atoms with E-state index < -0.39 is 5.97 Å². The molecule has 2 aromatic carbocycles. The van der Waals surface area contributed by atoms with Crippen molar-refractivity contribution in [1.82, 2.24) is 20.2 Å². The predicted molar refractivity (Wildman–Crippen MR) is 104 cm³/mol. The fourth-order valence-electron chi connectivity index (χ4n) is 2.98. The zero-order valence-corrected chi connectivity index (χ0v) is 16.2. The quantitative estimate of drug-likeness (QED) is 0.463. The summed E-state index contributed by atoms with van der Waals surface area (Å²) in [5, 5.41) is 12.2. The number of hydrogen-bond donors (Lipinski definition) is 0. The minimum Gasteiger partial charge on any atom is -0.465 e. The van der Waals surface area contributed by atoms with Gasteiger partial charge in [-0.3, -0.25) is 4.79 Å². The summed E-state index contributed by atoms with van der Waals surface area (Å²) >= 11 is 0. The van der Waals surface area contributed by atoms with Crippen molar-refractivity contribution in [2.24, 2.45) is 7.05 Å². The van der Waals surface area contributed by atoms with Crippen molar-refractivity contribution in [1.29, 1.82) is 0 Å². The third-order valence-electron chi connectivity index (χ3n) is 4.43. The Hall–Kier alpha value is -3.35. The van der Waals surface area contributed by atoms with Gasteiger partial charge in [-0.1, -0.05) is 37.3 Å². The van der Waals surface area contributed by atoms with E-state index in [1.165, 1.54) is 11.9 Å². The molecule has 0 aliphatic carbocycles. The zero-order valence-electron chi connectivity index (χ0n) is 16.2. The second-order valence-corrected chi connectivity index (χ2v) is 6.51. The number of esters is 1. The molecule has 1 aromatic heterocycles. The molecule has 7 heteroatoms. The number of nitrogens with zero attached hydrogens (tertiary/aromatic N) is 4. The van der Waals surface area contributed by atoms with Gasteiger partial charge in [0, 0.05) is 17.5 Å². The van der Waals surface area contributed by atoms with Crippen LogP contribution in [-0.4, -0.2) is 39.1 Å². The Morgan fingerprint density at radius 3 is 2.39 bits per heavy atom. The molecule has 0 aliphatic rings. The van der Waals surface area contributed by atoms with Crippen molar-refractivity contribution < 1.29 is 14.3 Å². The summed E-state index contributed by atoms with van der Waals surface area (Å²) in [6.45, 7) is 1.99. The molecule has 0 saturated heterocycles. The fraction of sp³-hybridized carbons (Fsp3) is 0.286. The molecule has 0 N–H and O–H groups in total. The normalized spacial score (nSPS) is 10.7. The number of aromatic nitrogens is 4. The van der Waals surface area contributed by atoms with Gasteiger partial charge in [-0.2, -0.15) is 4.80 Å². The molecular formula is C21H22N4O3. The Labute approximate surface area is 163 Å². The van der Waals surface area contributed by atoms with E-state index in [-0.39, 0.29) is 5.78 Å². The molecule has 0 radical (unpaired) electrons. The van der Waals surface area contributed by atoms with Gasteiger partial charge in [0.15, 0.2) is 5.78 Å². The summed E-state index contributed by atoms with van der Waals surface area (Å²) in [5.41, 5.74) is 3.87. The second kappa shape index (κ2) is 8.56. The van der Waals surface area contributed by atoms with Crippen molar-refractivity contribution in [3.8, 4) is 11.4 Å². The molecule has 0 fully saturated rings. The van der Waals surface area contributed by atoms with Gasteiger partial charge in [0.1, 0.15) is 0 Å². The number of methoxy groups -OCH3 is 1. The first-order chi connectivity index (χ1) is 13.5. The third-order valence-corrected chi connectivity index (χ3v) is 4.43. The van der Waals surface area contributed by atoms with Crippen LogP contribution in [0, 0.1) is 0 Å². The number of tetrazole rings is 1. The van der Waals surface area contributed by atoms with Crippen molar-refractivity contribution in [3.05, 3.63) is 64.7 Å². The summed E-state index contributed by atoms with van der Waals surface area (Å²) in [7, 11) is 3.03. The molecular weight excluding hydrogens is 356 g/mol. The minimum absolute atomic E-state index is 0.154. The molecule has 3 rings (SSSR count). The van der Waals surface area contributed by atoms with Crippen LogP contribution in [0.25, 0.3) is 11.4 Å². The van der Waals surface area contributed by atoms with Crippen LogP contribution in [0.4, 0.5) is 0 Å². The predicted octanol–water partition coefficient (Wildman–Crippen LogP) is 3.24. The molecule has 144 valence electrons. The lowest BCUT2D eigenvalue weighted by atomic mass is 9.96. The minimum atomic E-state index is -0.421. The van der Waals surface area contributed by atoms with Crippen LogP contribution in [0.3, 0.4) is 0 Å². The standard InChI is InChI=1S/C21H22N4O3/c1-4-5-19(26)15-8-6-14(7-9-15)12-16-10-11-17(21(27)28-3)13-18(16)20-22-24-25(2)23-20/h6-11,13H,4-5,12H2,1-3H3. The fourth-order valence-corrected chi connectivity index (χ4v) is 2.98. The monoisotopic (exact) mass is 378 g/mol. The van der Waals surface area contributed by atoms with Gasteiger partial charge in [-0.05, 0) is 41.3 Å². The first kappa shape index (κ1) is 19.4. The number of ketones is 1. The number of carbonyl (C=O) groups is 2. The number of ether oxygens (including phenoxy) is 1. The van der Waals surface area contributed by atoms with Gasteiger partial charge < -0.3 is 4.74 Å². The molecule has 3 aromatic rings. The topological polar surface area (TPSA) is 87.0 Å². The van der Waals surface area contributed by atoms with Gasteiger partial charge in [0.2, 0.25) is 5.82 Å². The number of rotatable bonds is 7. The largest absolute Gasteiger partial charge is 0.465 e. The summed E-state index contributed by atoms with van der Waals surface area (Å²) in [5.74, 6) is 0.175. The van der Waals surface area contributed by atoms with Crippen molar-refractivity contribution in [2.75, 3.05) is 7.11 Å². The first-order valence-corrected chi connectivity index (χ1v) is 9.09. The maximum atomic E-state index is 12.0. The Morgan fingerprint density at radius 1 is 1.07 bits per heavy atom. The highest BCUT2D eigenvalue weighted by atomic mass is 16.5. The van der Waals surface area contributed by atoms with Crippen LogP contribution in [0.2, 0.25) is 0 Å². The molecule has 0 unspecified atom stereocenters. The maximum absolute atomic E-state index is 12.0. The molecule has 0 saturated carbocycles. The lowest BCUT2D eigenvalue weighted by molar-refractivity contribution is 0.0600. The third kappa shape index (κ3) is 4.31. The lowest BCUT2D eigenvalue weighted by Crippen LogP contribution is -2.04. The summed E-state index contributed by atoms with van der Waals surface area (Å²) in [4.78, 5) is 25.3. The van der Waals surface area contributed by atoms with E-state index in [1.54, 1.807) is 19.2 Å². The molecule has 7 nitrogen and oxygen atoms in total. The van der Waals surface area contributed by atoms with E-state index in [4.69, 9.17) is 4.74 Å². The van der Waals surface area contributed by atoms with Crippen LogP contribution in [0.15, 0.2) is 42.5 Å². The Morgan fingerprint density at radius 2 is 1.79 bits per heavy atom. The van der Waals surface area contributed by atoms with Crippen molar-refractivity contribution in [3.63, 3.8) is 0 Å². The molecule has 1 heterocycles. The Kier molecular flexibility index (Phi) is 5.93. The zero-order chi connectivity index (χ0) is 20.1. The number of aryl methyl sites for hydroxylation is 1. The molecule has 0 aliphatic heterocycles. The lowest BCUT2D eigenvalue weighted by Gasteiger charge is -2.10. The van der Waals surface area contributed by atoms with Crippen LogP contribution in [0.5, 0.6) is 0 Å². The number of hydrogen-bond acceptors (Lipinski definition) is 6. The molecule has 0 atom stereocenters. The van der Waals surface area contributed by atoms with Crippen LogP contribution < -0.4 is 0 Å². The SMILES string of the molecule is CCCC(=O)c1ccc(Cc2ccc(C(=O)OC)cc2-c2nnn(C)n2)cc1. The van der Waals surface area contributed by atoms with E-state index >= 15 is 0 Å². The van der Waals surface area contributed by atoms with Gasteiger partial charge in [-0.15, -0.1) is 10.2 Å². The van der Waals surface area contributed by atoms with E-state index in [0.717, 1.165) is 28.7 Å². The van der Waals surface area contributed by atoms with Crippen LogP contribution >= 0.6 is 0 Å². The second-order valence-electron chi connectivity index (χ2n) is 6.51. The van der Waals surface area contributed by atoms with Crippen molar-refractivity contribution >= 4 is 11.8 Å². The van der Waals surface area contributed by atoms with Gasteiger partial charge in [0.05, 0.1) is 19.7 Å². The van der Waals surface area contributed by atoms with Gasteiger partial charge >= 0.3 is 5.97 Å².